The molecule has 2 saturated heterocycles. The zero-order valence-corrected chi connectivity index (χ0v) is 16.7. The zero-order chi connectivity index (χ0) is 19.1. The lowest BCUT2D eigenvalue weighted by Gasteiger charge is -2.35. The average Bonchev–Trinajstić information content (AvgIpc) is 2.70. The number of hydrogen-bond donors (Lipinski definition) is 1. The maximum atomic E-state index is 5.73. The monoisotopic (exact) mass is 376 g/mol. The third-order valence-corrected chi connectivity index (χ3v) is 5.09. The van der Waals surface area contributed by atoms with Crippen molar-refractivity contribution in [1.29, 1.82) is 0 Å². The van der Waals surface area contributed by atoms with Gasteiger partial charge in [-0.2, -0.15) is 0 Å². The van der Waals surface area contributed by atoms with Crippen LogP contribution in [0, 0.1) is 0 Å². The Morgan fingerprint density at radius 2 is 2.15 bits per heavy atom. The van der Waals surface area contributed by atoms with Gasteiger partial charge in [0, 0.05) is 66.2 Å². The summed E-state index contributed by atoms with van der Waals surface area (Å²) >= 11 is 0. The van der Waals surface area contributed by atoms with Gasteiger partial charge in [0.05, 0.1) is 19.3 Å². The number of methoxy groups -OCH3 is 1. The van der Waals surface area contributed by atoms with Crippen molar-refractivity contribution in [2.75, 3.05) is 78.6 Å². The predicted octanol–water partition coefficient (Wildman–Crippen LogP) is 0.256. The fourth-order valence-corrected chi connectivity index (χ4v) is 3.49. The number of hydrogen-bond acceptors (Lipinski definition) is 6. The molecule has 0 aromatic carbocycles. The van der Waals surface area contributed by atoms with Gasteiger partial charge in [-0.15, -0.1) is 0 Å². The first-order valence-electron chi connectivity index (χ1n) is 9.64. The van der Waals surface area contributed by atoms with Crippen LogP contribution in [0.25, 0.3) is 0 Å². The molecule has 0 spiro atoms. The van der Waals surface area contributed by atoms with E-state index in [9.17, 15) is 0 Å². The normalized spacial score (nSPS) is 22.2. The summed E-state index contributed by atoms with van der Waals surface area (Å²) in [6.45, 7) is 7.85. The second-order valence-corrected chi connectivity index (χ2v) is 7.11. The van der Waals surface area contributed by atoms with Gasteiger partial charge < -0.3 is 29.5 Å². The summed E-state index contributed by atoms with van der Waals surface area (Å²) in [6.07, 6.45) is 1.99. The lowest BCUT2D eigenvalue weighted by Crippen LogP contribution is -2.51. The molecule has 1 unspecified atom stereocenters. The van der Waals surface area contributed by atoms with Gasteiger partial charge in [0.25, 0.3) is 0 Å². The highest BCUT2D eigenvalue weighted by Gasteiger charge is 2.22. The number of pyridine rings is 1. The number of rotatable bonds is 5. The topological polar surface area (TPSA) is 65.5 Å². The van der Waals surface area contributed by atoms with Crippen molar-refractivity contribution in [1.82, 2.24) is 20.1 Å². The number of aliphatic imine (C=N–C) groups is 1. The summed E-state index contributed by atoms with van der Waals surface area (Å²) in [6, 6.07) is 4.24. The quantitative estimate of drug-likeness (QED) is 0.584. The number of likely N-dealkylation sites (N-methyl/N-ethyl adjacent to an activating group) is 1. The molecular weight excluding hydrogens is 344 g/mol. The molecule has 2 fully saturated rings. The largest absolute Gasteiger partial charge is 0.382 e. The Bertz CT molecular complexity index is 616. The molecule has 3 heterocycles. The van der Waals surface area contributed by atoms with E-state index < -0.39 is 0 Å². The van der Waals surface area contributed by atoms with Crippen LogP contribution in [0.2, 0.25) is 0 Å². The number of guanidine groups is 1. The number of morpholine rings is 1. The molecule has 0 bridgehead atoms. The van der Waals surface area contributed by atoms with Gasteiger partial charge in [0.1, 0.15) is 5.82 Å². The molecule has 1 N–H and O–H groups in total. The van der Waals surface area contributed by atoms with Crippen molar-refractivity contribution in [2.24, 2.45) is 4.99 Å². The Kier molecular flexibility index (Phi) is 7.25. The molecule has 1 aromatic heterocycles. The molecule has 0 radical (unpaired) electrons. The number of nitrogens with one attached hydrogen (secondary N) is 1. The Morgan fingerprint density at radius 3 is 2.89 bits per heavy atom. The van der Waals surface area contributed by atoms with E-state index in [1.54, 1.807) is 7.11 Å². The minimum Gasteiger partial charge on any atom is -0.382 e. The highest BCUT2D eigenvalue weighted by atomic mass is 16.5. The van der Waals surface area contributed by atoms with E-state index in [0.29, 0.717) is 13.2 Å². The Balaban J connectivity index is 1.56. The lowest BCUT2D eigenvalue weighted by atomic mass is 10.2. The molecular formula is C19H32N6O2. The molecule has 1 atom stereocenters. The first-order chi connectivity index (χ1) is 13.2. The van der Waals surface area contributed by atoms with Crippen LogP contribution in [-0.4, -0.2) is 101 Å². The molecule has 0 amide bonds. The molecule has 27 heavy (non-hydrogen) atoms. The van der Waals surface area contributed by atoms with Crippen molar-refractivity contribution in [2.45, 2.75) is 12.6 Å². The summed E-state index contributed by atoms with van der Waals surface area (Å²) in [5.74, 6) is 1.96. The first-order valence-corrected chi connectivity index (χ1v) is 9.64. The van der Waals surface area contributed by atoms with Crippen LogP contribution < -0.4 is 10.2 Å². The number of nitrogens with zero attached hydrogens (tertiary/aromatic N) is 5. The van der Waals surface area contributed by atoms with Crippen molar-refractivity contribution < 1.29 is 9.47 Å². The van der Waals surface area contributed by atoms with E-state index >= 15 is 0 Å². The van der Waals surface area contributed by atoms with Gasteiger partial charge in [-0.25, -0.2) is 4.98 Å². The molecule has 0 saturated carbocycles. The van der Waals surface area contributed by atoms with Gasteiger partial charge >= 0.3 is 0 Å². The van der Waals surface area contributed by atoms with Gasteiger partial charge in [-0.1, -0.05) is 0 Å². The zero-order valence-electron chi connectivity index (χ0n) is 16.7. The first kappa shape index (κ1) is 19.9. The van der Waals surface area contributed by atoms with Crippen LogP contribution in [0.15, 0.2) is 23.3 Å². The van der Waals surface area contributed by atoms with E-state index in [1.807, 2.05) is 13.2 Å². The van der Waals surface area contributed by atoms with E-state index in [0.717, 1.165) is 57.6 Å². The predicted molar refractivity (Wildman–Crippen MR) is 107 cm³/mol. The number of ether oxygens (including phenoxy) is 2. The smallest absolute Gasteiger partial charge is 0.194 e. The Labute approximate surface area is 162 Å². The van der Waals surface area contributed by atoms with Crippen LogP contribution in [0.3, 0.4) is 0 Å². The van der Waals surface area contributed by atoms with Crippen molar-refractivity contribution >= 4 is 11.8 Å². The number of aromatic nitrogens is 1. The van der Waals surface area contributed by atoms with E-state index in [4.69, 9.17) is 9.47 Å². The van der Waals surface area contributed by atoms with E-state index in [1.165, 1.54) is 5.56 Å². The summed E-state index contributed by atoms with van der Waals surface area (Å²) in [4.78, 5) is 16.0. The molecule has 3 rings (SSSR count). The second-order valence-electron chi connectivity index (χ2n) is 7.11. The van der Waals surface area contributed by atoms with Gasteiger partial charge in [0.2, 0.25) is 0 Å². The minimum absolute atomic E-state index is 0.0899. The maximum Gasteiger partial charge on any atom is 0.194 e. The summed E-state index contributed by atoms with van der Waals surface area (Å²) in [5, 5.41) is 3.48. The standard InChI is InChI=1S/C19H32N6O2/c1-20-19(25-10-11-27-17(14-25)15-26-3)22-13-16-4-5-21-18(12-16)24-8-6-23(2)7-9-24/h4-5,12,17H,6-11,13-15H2,1-3H3,(H,20,22). The van der Waals surface area contributed by atoms with Crippen molar-refractivity contribution in [3.05, 3.63) is 23.9 Å². The Morgan fingerprint density at radius 1 is 1.33 bits per heavy atom. The van der Waals surface area contributed by atoms with Crippen LogP contribution >= 0.6 is 0 Å². The van der Waals surface area contributed by atoms with Crippen LogP contribution in [0.5, 0.6) is 0 Å². The molecule has 8 nitrogen and oxygen atoms in total. The number of anilines is 1. The SMILES string of the molecule is CN=C(NCc1ccnc(N2CCN(C)CC2)c1)N1CCOC(COC)C1. The molecule has 2 aliphatic heterocycles. The molecule has 2 aliphatic rings. The molecule has 8 heteroatoms. The third kappa shape index (κ3) is 5.54. The van der Waals surface area contributed by atoms with Crippen molar-refractivity contribution in [3.63, 3.8) is 0 Å². The molecule has 150 valence electrons. The molecule has 1 aromatic rings. The van der Waals surface area contributed by atoms with Crippen LogP contribution in [0.1, 0.15) is 5.56 Å². The fraction of sp³-hybridized carbons (Fsp3) is 0.684. The second kappa shape index (κ2) is 9.87. The van der Waals surface area contributed by atoms with Crippen LogP contribution in [-0.2, 0) is 16.0 Å². The molecule has 0 aliphatic carbocycles. The maximum absolute atomic E-state index is 5.73. The van der Waals surface area contributed by atoms with Gasteiger partial charge in [0.15, 0.2) is 5.96 Å². The lowest BCUT2D eigenvalue weighted by molar-refractivity contribution is -0.0447. The van der Waals surface area contributed by atoms with E-state index in [2.05, 4.69) is 49.2 Å². The van der Waals surface area contributed by atoms with Crippen molar-refractivity contribution in [3.8, 4) is 0 Å². The summed E-state index contributed by atoms with van der Waals surface area (Å²) < 4.78 is 11.0. The minimum atomic E-state index is 0.0899. The van der Waals surface area contributed by atoms with Gasteiger partial charge in [-0.05, 0) is 24.7 Å². The number of piperazine rings is 1. The third-order valence-electron chi connectivity index (χ3n) is 5.09. The van der Waals surface area contributed by atoms with E-state index in [-0.39, 0.29) is 6.10 Å². The highest BCUT2D eigenvalue weighted by Crippen LogP contribution is 2.15. The fourth-order valence-electron chi connectivity index (χ4n) is 3.49. The van der Waals surface area contributed by atoms with Gasteiger partial charge in [-0.3, -0.25) is 4.99 Å². The summed E-state index contributed by atoms with van der Waals surface area (Å²) in [5.41, 5.74) is 1.21. The van der Waals surface area contributed by atoms with Crippen LogP contribution in [0.4, 0.5) is 5.82 Å². The summed E-state index contributed by atoms with van der Waals surface area (Å²) in [7, 11) is 5.70. The average molecular weight is 377 g/mol. The Hall–Kier alpha value is -1.90. The highest BCUT2D eigenvalue weighted by molar-refractivity contribution is 5.80.